The van der Waals surface area contributed by atoms with Gasteiger partial charge in [-0.25, -0.2) is 0 Å². The normalized spacial score (nSPS) is 17.2. The minimum absolute atomic E-state index is 0.0302. The molecule has 1 heterocycles. The van der Waals surface area contributed by atoms with Gasteiger partial charge in [-0.15, -0.1) is 0 Å². The molecule has 2 aromatic rings. The van der Waals surface area contributed by atoms with Gasteiger partial charge in [-0.05, 0) is 55.9 Å². The third-order valence-corrected chi connectivity index (χ3v) is 6.50. The SMILES string of the molecule is CCN(CC)CCN1C(=O)C(=O)C(=C(O)c2ccc(OC)c(C)c2)C1c1ccc(OC)cc1OC. The molecule has 3 rings (SSSR count). The van der Waals surface area contributed by atoms with E-state index < -0.39 is 17.7 Å². The van der Waals surface area contributed by atoms with Gasteiger partial charge < -0.3 is 29.1 Å². The maximum atomic E-state index is 13.3. The summed E-state index contributed by atoms with van der Waals surface area (Å²) in [5, 5.41) is 11.3. The fourth-order valence-electron chi connectivity index (χ4n) is 4.45. The fourth-order valence-corrected chi connectivity index (χ4v) is 4.45. The second kappa shape index (κ2) is 11.3. The van der Waals surface area contributed by atoms with Crippen LogP contribution in [0.2, 0.25) is 0 Å². The number of aliphatic hydroxyl groups is 1. The minimum atomic E-state index is -0.811. The smallest absolute Gasteiger partial charge is 0.295 e. The van der Waals surface area contributed by atoms with Crippen LogP contribution in [0.1, 0.15) is 36.6 Å². The van der Waals surface area contributed by atoms with E-state index in [1.165, 1.54) is 12.0 Å². The Kier molecular flexibility index (Phi) is 8.40. The maximum Gasteiger partial charge on any atom is 0.295 e. The largest absolute Gasteiger partial charge is 0.507 e. The third-order valence-electron chi connectivity index (χ3n) is 6.50. The Bertz CT molecular complexity index is 1120. The van der Waals surface area contributed by atoms with Crippen molar-refractivity contribution in [3.63, 3.8) is 0 Å². The van der Waals surface area contributed by atoms with Crippen LogP contribution < -0.4 is 14.2 Å². The molecule has 0 radical (unpaired) electrons. The van der Waals surface area contributed by atoms with Crippen molar-refractivity contribution in [3.8, 4) is 17.2 Å². The molecule has 0 saturated carbocycles. The van der Waals surface area contributed by atoms with Crippen LogP contribution in [0.3, 0.4) is 0 Å². The molecule has 2 aromatic carbocycles. The Morgan fingerprint density at radius 3 is 2.23 bits per heavy atom. The van der Waals surface area contributed by atoms with Crippen molar-refractivity contribution in [2.45, 2.75) is 26.8 Å². The molecule has 1 unspecified atom stereocenters. The van der Waals surface area contributed by atoms with Crippen LogP contribution in [-0.4, -0.2) is 74.1 Å². The summed E-state index contributed by atoms with van der Waals surface area (Å²) in [6.07, 6.45) is 0. The summed E-state index contributed by atoms with van der Waals surface area (Å²) in [5.74, 6) is 0.0967. The number of likely N-dealkylation sites (N-methyl/N-ethyl adjacent to an activating group) is 1. The first-order chi connectivity index (χ1) is 16.8. The van der Waals surface area contributed by atoms with Crippen molar-refractivity contribution in [2.24, 2.45) is 0 Å². The molecule has 1 amide bonds. The van der Waals surface area contributed by atoms with Crippen LogP contribution >= 0.6 is 0 Å². The Hall–Kier alpha value is -3.52. The summed E-state index contributed by atoms with van der Waals surface area (Å²) in [6.45, 7) is 8.51. The van der Waals surface area contributed by atoms with Gasteiger partial charge in [-0.3, -0.25) is 9.59 Å². The van der Waals surface area contributed by atoms with Crippen molar-refractivity contribution < 1.29 is 28.9 Å². The van der Waals surface area contributed by atoms with E-state index in [9.17, 15) is 14.7 Å². The molecule has 8 heteroatoms. The summed E-state index contributed by atoms with van der Waals surface area (Å²) in [6, 6.07) is 9.55. The molecule has 0 spiro atoms. The van der Waals surface area contributed by atoms with Gasteiger partial charge in [0.25, 0.3) is 11.7 Å². The molecule has 1 atom stereocenters. The predicted octanol–water partition coefficient (Wildman–Crippen LogP) is 3.78. The molecule has 188 valence electrons. The minimum Gasteiger partial charge on any atom is -0.507 e. The van der Waals surface area contributed by atoms with E-state index in [1.54, 1.807) is 50.6 Å². The zero-order valence-electron chi connectivity index (χ0n) is 21.3. The lowest BCUT2D eigenvalue weighted by Crippen LogP contribution is -2.38. The van der Waals surface area contributed by atoms with Gasteiger partial charge in [0.2, 0.25) is 0 Å². The van der Waals surface area contributed by atoms with Gasteiger partial charge in [0.1, 0.15) is 23.0 Å². The van der Waals surface area contributed by atoms with Crippen molar-refractivity contribution in [2.75, 3.05) is 47.5 Å². The van der Waals surface area contributed by atoms with Crippen molar-refractivity contribution in [1.82, 2.24) is 9.80 Å². The van der Waals surface area contributed by atoms with Crippen LogP contribution in [0.25, 0.3) is 5.76 Å². The number of carbonyl (C=O) groups is 2. The summed E-state index contributed by atoms with van der Waals surface area (Å²) in [7, 11) is 4.64. The number of likely N-dealkylation sites (tertiary alicyclic amines) is 1. The first kappa shape index (κ1) is 26.1. The Morgan fingerprint density at radius 2 is 1.66 bits per heavy atom. The molecular weight excluding hydrogens is 448 g/mol. The number of ether oxygens (including phenoxy) is 3. The van der Waals surface area contributed by atoms with Gasteiger partial charge in [-0.1, -0.05) is 13.8 Å². The zero-order chi connectivity index (χ0) is 25.7. The van der Waals surface area contributed by atoms with E-state index in [0.717, 1.165) is 18.7 Å². The number of ketones is 1. The molecule has 1 saturated heterocycles. The lowest BCUT2D eigenvalue weighted by atomic mass is 9.94. The van der Waals surface area contributed by atoms with E-state index in [2.05, 4.69) is 4.90 Å². The van der Waals surface area contributed by atoms with Gasteiger partial charge in [0.05, 0.1) is 32.9 Å². The van der Waals surface area contributed by atoms with E-state index in [0.29, 0.717) is 41.5 Å². The first-order valence-corrected chi connectivity index (χ1v) is 11.7. The lowest BCUT2D eigenvalue weighted by molar-refractivity contribution is -0.140. The highest BCUT2D eigenvalue weighted by molar-refractivity contribution is 6.46. The van der Waals surface area contributed by atoms with Gasteiger partial charge >= 0.3 is 0 Å². The van der Waals surface area contributed by atoms with E-state index in [4.69, 9.17) is 14.2 Å². The highest BCUT2D eigenvalue weighted by Gasteiger charge is 2.47. The number of methoxy groups -OCH3 is 3. The van der Waals surface area contributed by atoms with Crippen LogP contribution in [0, 0.1) is 6.92 Å². The van der Waals surface area contributed by atoms with Gasteiger partial charge in [0.15, 0.2) is 0 Å². The number of amides is 1. The molecule has 1 aliphatic rings. The summed E-state index contributed by atoms with van der Waals surface area (Å²) < 4.78 is 16.3. The number of carbonyl (C=O) groups excluding carboxylic acids is 2. The average Bonchev–Trinajstić information content (AvgIpc) is 3.13. The summed E-state index contributed by atoms with van der Waals surface area (Å²) >= 11 is 0. The van der Waals surface area contributed by atoms with Crippen LogP contribution in [0.15, 0.2) is 42.0 Å². The zero-order valence-corrected chi connectivity index (χ0v) is 21.3. The number of benzene rings is 2. The van der Waals surface area contributed by atoms with Crippen LogP contribution in [0.5, 0.6) is 17.2 Å². The number of hydrogen-bond donors (Lipinski definition) is 1. The van der Waals surface area contributed by atoms with Gasteiger partial charge in [0, 0.05) is 30.3 Å². The highest BCUT2D eigenvalue weighted by Crippen LogP contribution is 2.43. The van der Waals surface area contributed by atoms with Gasteiger partial charge in [-0.2, -0.15) is 0 Å². The molecule has 1 aliphatic heterocycles. The van der Waals surface area contributed by atoms with E-state index in [-0.39, 0.29) is 11.3 Å². The average molecular weight is 483 g/mol. The number of nitrogens with zero attached hydrogens (tertiary/aromatic N) is 2. The molecule has 1 fully saturated rings. The topological polar surface area (TPSA) is 88.5 Å². The molecule has 35 heavy (non-hydrogen) atoms. The molecule has 1 N–H and O–H groups in total. The van der Waals surface area contributed by atoms with Crippen LogP contribution in [0.4, 0.5) is 0 Å². The number of Topliss-reactive ketones (excluding diaryl/α,β-unsaturated/α-hetero) is 1. The predicted molar refractivity (Wildman–Crippen MR) is 134 cm³/mol. The highest BCUT2D eigenvalue weighted by atomic mass is 16.5. The van der Waals surface area contributed by atoms with E-state index in [1.807, 2.05) is 20.8 Å². The Morgan fingerprint density at radius 1 is 0.971 bits per heavy atom. The third kappa shape index (κ3) is 5.12. The second-order valence-corrected chi connectivity index (χ2v) is 8.31. The number of rotatable bonds is 10. The van der Waals surface area contributed by atoms with Crippen molar-refractivity contribution in [1.29, 1.82) is 0 Å². The molecule has 0 aromatic heterocycles. The molecule has 0 aliphatic carbocycles. The summed E-state index contributed by atoms with van der Waals surface area (Å²) in [4.78, 5) is 30.3. The monoisotopic (exact) mass is 482 g/mol. The Balaban J connectivity index is 2.19. The van der Waals surface area contributed by atoms with Crippen molar-refractivity contribution in [3.05, 3.63) is 58.7 Å². The number of hydrogen-bond acceptors (Lipinski definition) is 7. The fraction of sp³-hybridized carbons (Fsp3) is 0.407. The molecular formula is C27H34N2O6. The van der Waals surface area contributed by atoms with E-state index >= 15 is 0 Å². The van der Waals surface area contributed by atoms with Crippen molar-refractivity contribution >= 4 is 17.4 Å². The number of aryl methyl sites for hydroxylation is 1. The Labute approximate surface area is 206 Å². The molecule has 8 nitrogen and oxygen atoms in total. The van der Waals surface area contributed by atoms with Crippen LogP contribution in [-0.2, 0) is 9.59 Å². The number of aliphatic hydroxyl groups excluding tert-OH is 1. The second-order valence-electron chi connectivity index (χ2n) is 8.31. The first-order valence-electron chi connectivity index (χ1n) is 11.7. The lowest BCUT2D eigenvalue weighted by Gasteiger charge is -2.29. The summed E-state index contributed by atoms with van der Waals surface area (Å²) in [5.41, 5.74) is 1.86. The quantitative estimate of drug-likeness (QED) is 0.313. The molecule has 0 bridgehead atoms. The maximum absolute atomic E-state index is 13.3. The standard InChI is InChI=1S/C27H34N2O6/c1-7-28(8-2)13-14-29-24(20-11-10-19(33-4)16-22(20)35-6)23(26(31)27(29)32)25(30)18-9-12-21(34-5)17(3)15-18/h9-12,15-16,24,30H,7-8,13-14H2,1-6H3.